The predicted molar refractivity (Wildman–Crippen MR) is 102 cm³/mol. The van der Waals surface area contributed by atoms with Crippen LogP contribution in [-0.2, 0) is 24.1 Å². The van der Waals surface area contributed by atoms with Gasteiger partial charge in [0.05, 0.1) is 10.6 Å². The van der Waals surface area contributed by atoms with Crippen molar-refractivity contribution in [2.75, 3.05) is 13.1 Å². The lowest BCUT2D eigenvalue weighted by molar-refractivity contribution is 0.410. The highest BCUT2D eigenvalue weighted by Crippen LogP contribution is 2.20. The van der Waals surface area contributed by atoms with Crippen LogP contribution in [0.2, 0.25) is 0 Å². The van der Waals surface area contributed by atoms with Gasteiger partial charge in [-0.25, -0.2) is 13.2 Å². The highest BCUT2D eigenvalue weighted by Gasteiger charge is 2.21. The van der Waals surface area contributed by atoms with Gasteiger partial charge in [0.1, 0.15) is 5.56 Å². The van der Waals surface area contributed by atoms with Crippen LogP contribution in [0, 0.1) is 0 Å². The summed E-state index contributed by atoms with van der Waals surface area (Å²) in [5.41, 5.74) is -1.08. The minimum atomic E-state index is -3.56. The van der Waals surface area contributed by atoms with Gasteiger partial charge < -0.3 is 5.11 Å². The molecule has 0 bridgehead atoms. The summed E-state index contributed by atoms with van der Waals surface area (Å²) in [6, 6.07) is 5.85. The molecule has 1 N–H and O–H groups in total. The van der Waals surface area contributed by atoms with Crippen molar-refractivity contribution in [1.29, 1.82) is 0 Å². The van der Waals surface area contributed by atoms with Crippen molar-refractivity contribution in [1.82, 2.24) is 13.4 Å². The second kappa shape index (κ2) is 7.89. The van der Waals surface area contributed by atoms with Gasteiger partial charge in [0, 0.05) is 33.4 Å². The van der Waals surface area contributed by atoms with Gasteiger partial charge in [-0.2, -0.15) is 4.31 Å². The van der Waals surface area contributed by atoms with Gasteiger partial charge in [0.25, 0.3) is 5.56 Å². The Bertz CT molecular complexity index is 1080. The summed E-state index contributed by atoms with van der Waals surface area (Å²) in [6.45, 7) is 4.27. The third-order valence-corrected chi connectivity index (χ3v) is 6.25. The van der Waals surface area contributed by atoms with Crippen LogP contribution in [-0.4, -0.2) is 46.3 Å². The topological polar surface area (TPSA) is 114 Å². The molecule has 1 aromatic heterocycles. The van der Waals surface area contributed by atoms with Gasteiger partial charge in [-0.3, -0.25) is 18.9 Å². The van der Waals surface area contributed by atoms with E-state index in [1.54, 1.807) is 13.8 Å². The van der Waals surface area contributed by atoms with E-state index in [1.807, 2.05) is 0 Å². The van der Waals surface area contributed by atoms with Crippen molar-refractivity contribution in [3.05, 3.63) is 50.7 Å². The van der Waals surface area contributed by atoms with Gasteiger partial charge in [-0.1, -0.05) is 13.8 Å². The lowest BCUT2D eigenvalue weighted by atomic mass is 10.3. The Morgan fingerprint density at radius 1 is 1.07 bits per heavy atom. The molecule has 27 heavy (non-hydrogen) atoms. The van der Waals surface area contributed by atoms with Crippen LogP contribution >= 0.6 is 0 Å². The molecule has 2 rings (SSSR count). The van der Waals surface area contributed by atoms with Crippen molar-refractivity contribution in [3.63, 3.8) is 0 Å². The van der Waals surface area contributed by atoms with Gasteiger partial charge in [-0.05, 0) is 24.3 Å². The molecule has 0 aliphatic rings. The summed E-state index contributed by atoms with van der Waals surface area (Å²) in [7, 11) is -0.930. The summed E-state index contributed by atoms with van der Waals surface area (Å²) in [6.07, 6.45) is 1.14. The summed E-state index contributed by atoms with van der Waals surface area (Å²) in [4.78, 5) is 28.1. The summed E-state index contributed by atoms with van der Waals surface area (Å²) in [5.74, 6) is -0.493. The molecule has 0 aliphatic carbocycles. The minimum Gasteiger partial charge on any atom is -0.494 e. The fraction of sp³-hybridized carbons (Fsp3) is 0.353. The molecule has 9 nitrogen and oxygen atoms in total. The maximum atomic E-state index is 12.5. The first-order valence-electron chi connectivity index (χ1n) is 8.28. The molecule has 1 aromatic carbocycles. The highest BCUT2D eigenvalue weighted by atomic mass is 32.2. The number of nitrogens with zero attached hydrogens (tertiary/aromatic N) is 4. The normalized spacial score (nSPS) is 12.2. The van der Waals surface area contributed by atoms with Crippen molar-refractivity contribution in [2.45, 2.75) is 18.7 Å². The molecule has 146 valence electrons. The third-order valence-electron chi connectivity index (χ3n) is 4.19. The van der Waals surface area contributed by atoms with Gasteiger partial charge >= 0.3 is 5.69 Å². The summed E-state index contributed by atoms with van der Waals surface area (Å²) < 4.78 is 28.1. The Hall–Kier alpha value is -2.72. The summed E-state index contributed by atoms with van der Waals surface area (Å²) >= 11 is 0. The first kappa shape index (κ1) is 20.6. The number of aromatic nitrogens is 2. The van der Waals surface area contributed by atoms with E-state index < -0.39 is 27.2 Å². The smallest absolute Gasteiger partial charge is 0.333 e. The Labute approximate surface area is 156 Å². The van der Waals surface area contributed by atoms with Gasteiger partial charge in [0.2, 0.25) is 15.9 Å². The number of sulfonamides is 1. The molecular weight excluding hydrogens is 372 g/mol. The molecule has 0 atom stereocenters. The first-order chi connectivity index (χ1) is 12.6. The number of aliphatic imine (C=N–C) groups is 1. The van der Waals surface area contributed by atoms with Crippen LogP contribution in [0.3, 0.4) is 0 Å². The minimum absolute atomic E-state index is 0.139. The molecule has 2 aromatic rings. The molecule has 0 spiro atoms. The molecule has 0 saturated carbocycles. The largest absolute Gasteiger partial charge is 0.494 e. The standard InChI is InChI=1S/C17H22N4O5S/c1-5-21(6-2)27(25,26)13-9-7-12(8-10-13)18-11-14-15(22)19(3)17(24)20(4)16(14)23/h7-11,22H,5-6H2,1-4H3. The average molecular weight is 394 g/mol. The molecule has 0 saturated heterocycles. The van der Waals surface area contributed by atoms with E-state index in [2.05, 4.69) is 4.99 Å². The molecule has 0 fully saturated rings. The van der Waals surface area contributed by atoms with Gasteiger partial charge in [0.15, 0.2) is 0 Å². The second-order valence-corrected chi connectivity index (χ2v) is 7.72. The van der Waals surface area contributed by atoms with E-state index in [1.165, 1.54) is 42.7 Å². The fourth-order valence-electron chi connectivity index (χ4n) is 2.53. The number of rotatable bonds is 6. The number of hydrogen-bond acceptors (Lipinski definition) is 6. The molecule has 10 heteroatoms. The van der Waals surface area contributed by atoms with E-state index in [4.69, 9.17) is 0 Å². The number of aromatic hydroxyl groups is 1. The Balaban J connectivity index is 2.39. The van der Waals surface area contributed by atoms with E-state index in [9.17, 15) is 23.1 Å². The quantitative estimate of drug-likeness (QED) is 0.720. The zero-order valence-electron chi connectivity index (χ0n) is 15.6. The Kier molecular flexibility index (Phi) is 6.01. The Morgan fingerprint density at radius 2 is 1.63 bits per heavy atom. The van der Waals surface area contributed by atoms with E-state index >= 15 is 0 Å². The van der Waals surface area contributed by atoms with E-state index in [-0.39, 0.29) is 10.5 Å². The average Bonchev–Trinajstić information content (AvgIpc) is 2.66. The van der Waals surface area contributed by atoms with Crippen LogP contribution < -0.4 is 11.2 Å². The van der Waals surface area contributed by atoms with Crippen molar-refractivity contribution in [2.24, 2.45) is 19.1 Å². The van der Waals surface area contributed by atoms with Gasteiger partial charge in [-0.15, -0.1) is 0 Å². The Morgan fingerprint density at radius 3 is 2.15 bits per heavy atom. The van der Waals surface area contributed by atoms with Crippen LogP contribution in [0.5, 0.6) is 5.88 Å². The molecule has 0 radical (unpaired) electrons. The zero-order valence-corrected chi connectivity index (χ0v) is 16.4. The SMILES string of the molecule is CCN(CC)S(=O)(=O)c1ccc(N=Cc2c(O)n(C)c(=O)n(C)c2=O)cc1. The van der Waals surface area contributed by atoms with Crippen molar-refractivity contribution >= 4 is 21.9 Å². The summed E-state index contributed by atoms with van der Waals surface area (Å²) in [5, 5.41) is 10.0. The van der Waals surface area contributed by atoms with E-state index in [0.29, 0.717) is 18.8 Å². The highest BCUT2D eigenvalue weighted by molar-refractivity contribution is 7.89. The maximum absolute atomic E-state index is 12.5. The maximum Gasteiger partial charge on any atom is 0.333 e. The van der Waals surface area contributed by atoms with Crippen LogP contribution in [0.15, 0.2) is 43.7 Å². The number of benzene rings is 1. The molecule has 0 aliphatic heterocycles. The van der Waals surface area contributed by atoms with Crippen molar-refractivity contribution < 1.29 is 13.5 Å². The third kappa shape index (κ3) is 3.86. The van der Waals surface area contributed by atoms with E-state index in [0.717, 1.165) is 15.3 Å². The molecular formula is C17H22N4O5S. The zero-order chi connectivity index (χ0) is 20.4. The molecule has 0 unspecified atom stereocenters. The van der Waals surface area contributed by atoms with Crippen LogP contribution in [0.25, 0.3) is 0 Å². The first-order valence-corrected chi connectivity index (χ1v) is 9.72. The fourth-order valence-corrected chi connectivity index (χ4v) is 3.99. The van der Waals surface area contributed by atoms with Crippen LogP contribution in [0.4, 0.5) is 5.69 Å². The molecule has 1 heterocycles. The second-order valence-electron chi connectivity index (χ2n) is 5.78. The van der Waals surface area contributed by atoms with Crippen molar-refractivity contribution in [3.8, 4) is 5.88 Å². The van der Waals surface area contributed by atoms with Crippen LogP contribution in [0.1, 0.15) is 19.4 Å². The molecule has 0 amide bonds. The predicted octanol–water partition coefficient (Wildman–Crippen LogP) is 0.571. The lowest BCUT2D eigenvalue weighted by Crippen LogP contribution is -2.38. The lowest BCUT2D eigenvalue weighted by Gasteiger charge is -2.18. The monoisotopic (exact) mass is 394 g/mol. The number of hydrogen-bond donors (Lipinski definition) is 1.